The first kappa shape index (κ1) is 11.7. The predicted molar refractivity (Wildman–Crippen MR) is 64.2 cm³/mol. The maximum atomic E-state index is 5.85. The molecule has 0 aliphatic rings. The SMILES string of the molecule is CCC(N)c1noc(-c2ccc(C)nc2C)n1. The molecule has 0 bridgehead atoms. The van der Waals surface area contributed by atoms with Crippen LogP contribution < -0.4 is 5.73 Å². The van der Waals surface area contributed by atoms with Gasteiger partial charge < -0.3 is 10.3 Å². The molecule has 1 atom stereocenters. The number of pyridine rings is 1. The summed E-state index contributed by atoms with van der Waals surface area (Å²) in [5, 5.41) is 3.89. The molecule has 0 amide bonds. The van der Waals surface area contributed by atoms with Crippen molar-refractivity contribution in [2.24, 2.45) is 5.73 Å². The van der Waals surface area contributed by atoms with Gasteiger partial charge in [-0.05, 0) is 32.4 Å². The van der Waals surface area contributed by atoms with E-state index in [1.807, 2.05) is 32.9 Å². The van der Waals surface area contributed by atoms with Gasteiger partial charge in [-0.2, -0.15) is 4.98 Å². The van der Waals surface area contributed by atoms with Gasteiger partial charge in [-0.15, -0.1) is 0 Å². The topological polar surface area (TPSA) is 77.8 Å². The predicted octanol–water partition coefficient (Wildman–Crippen LogP) is 2.16. The van der Waals surface area contributed by atoms with Crippen molar-refractivity contribution in [3.8, 4) is 11.5 Å². The second-order valence-corrected chi connectivity index (χ2v) is 4.06. The summed E-state index contributed by atoms with van der Waals surface area (Å²) in [6, 6.07) is 3.68. The lowest BCUT2D eigenvalue weighted by Gasteiger charge is -2.01. The van der Waals surface area contributed by atoms with Gasteiger partial charge >= 0.3 is 0 Å². The van der Waals surface area contributed by atoms with Crippen LogP contribution in [-0.4, -0.2) is 15.1 Å². The first-order valence-corrected chi connectivity index (χ1v) is 5.65. The zero-order valence-electron chi connectivity index (χ0n) is 10.3. The van der Waals surface area contributed by atoms with Gasteiger partial charge in [-0.3, -0.25) is 4.98 Å². The minimum Gasteiger partial charge on any atom is -0.334 e. The molecule has 0 radical (unpaired) electrons. The van der Waals surface area contributed by atoms with Gasteiger partial charge in [0.25, 0.3) is 5.89 Å². The van der Waals surface area contributed by atoms with Crippen molar-refractivity contribution in [2.45, 2.75) is 33.2 Å². The Morgan fingerprint density at radius 2 is 2.06 bits per heavy atom. The van der Waals surface area contributed by atoms with Gasteiger partial charge in [-0.25, -0.2) is 0 Å². The summed E-state index contributed by atoms with van der Waals surface area (Å²) in [6.45, 7) is 5.86. The van der Waals surface area contributed by atoms with E-state index < -0.39 is 0 Å². The van der Waals surface area contributed by atoms with E-state index in [2.05, 4.69) is 15.1 Å². The maximum Gasteiger partial charge on any atom is 0.259 e. The smallest absolute Gasteiger partial charge is 0.259 e. The molecule has 5 heteroatoms. The standard InChI is InChI=1S/C12H16N4O/c1-4-10(13)11-15-12(17-16-11)9-6-5-7(2)14-8(9)3/h5-6,10H,4,13H2,1-3H3. The molecule has 0 spiro atoms. The van der Waals surface area contributed by atoms with Crippen molar-refractivity contribution in [1.82, 2.24) is 15.1 Å². The van der Waals surface area contributed by atoms with E-state index in [0.29, 0.717) is 11.7 Å². The Morgan fingerprint density at radius 3 is 2.71 bits per heavy atom. The quantitative estimate of drug-likeness (QED) is 0.877. The van der Waals surface area contributed by atoms with Crippen LogP contribution in [0.25, 0.3) is 11.5 Å². The third-order valence-electron chi connectivity index (χ3n) is 2.67. The van der Waals surface area contributed by atoms with Crippen molar-refractivity contribution < 1.29 is 4.52 Å². The summed E-state index contributed by atoms with van der Waals surface area (Å²) in [5.41, 5.74) is 8.55. The lowest BCUT2D eigenvalue weighted by atomic mass is 10.2. The molecule has 0 saturated heterocycles. The number of hydrogen-bond donors (Lipinski definition) is 1. The highest BCUT2D eigenvalue weighted by Crippen LogP contribution is 2.22. The number of hydrogen-bond acceptors (Lipinski definition) is 5. The van der Waals surface area contributed by atoms with Gasteiger partial charge in [0.05, 0.1) is 17.3 Å². The molecule has 1 unspecified atom stereocenters. The van der Waals surface area contributed by atoms with E-state index in [0.717, 1.165) is 23.4 Å². The zero-order valence-corrected chi connectivity index (χ0v) is 10.3. The Hall–Kier alpha value is -1.75. The molecule has 0 aromatic carbocycles. The lowest BCUT2D eigenvalue weighted by Crippen LogP contribution is -2.10. The number of aryl methyl sites for hydroxylation is 2. The van der Waals surface area contributed by atoms with Crippen LogP contribution in [0.2, 0.25) is 0 Å². The third-order valence-corrected chi connectivity index (χ3v) is 2.67. The van der Waals surface area contributed by atoms with Crippen LogP contribution in [0.3, 0.4) is 0 Å². The van der Waals surface area contributed by atoms with Gasteiger partial charge in [0.2, 0.25) is 0 Å². The van der Waals surface area contributed by atoms with E-state index in [9.17, 15) is 0 Å². The first-order valence-electron chi connectivity index (χ1n) is 5.65. The molecule has 2 heterocycles. The highest BCUT2D eigenvalue weighted by molar-refractivity contribution is 5.55. The molecule has 0 aliphatic carbocycles. The van der Waals surface area contributed by atoms with Crippen LogP contribution in [0.15, 0.2) is 16.7 Å². The monoisotopic (exact) mass is 232 g/mol. The molecular weight excluding hydrogens is 216 g/mol. The minimum absolute atomic E-state index is 0.175. The Morgan fingerprint density at radius 1 is 1.29 bits per heavy atom. The van der Waals surface area contributed by atoms with Crippen molar-refractivity contribution >= 4 is 0 Å². The van der Waals surface area contributed by atoms with E-state index in [1.165, 1.54) is 0 Å². The fourth-order valence-corrected chi connectivity index (χ4v) is 1.59. The maximum absolute atomic E-state index is 5.85. The van der Waals surface area contributed by atoms with E-state index in [4.69, 9.17) is 10.3 Å². The minimum atomic E-state index is -0.175. The zero-order chi connectivity index (χ0) is 12.4. The Labute approximate surface area is 100 Å². The van der Waals surface area contributed by atoms with Gasteiger partial charge in [0.15, 0.2) is 5.82 Å². The van der Waals surface area contributed by atoms with Gasteiger partial charge in [0.1, 0.15) is 0 Å². The Kier molecular flexibility index (Phi) is 3.19. The largest absolute Gasteiger partial charge is 0.334 e. The van der Waals surface area contributed by atoms with Crippen molar-refractivity contribution in [3.05, 3.63) is 29.3 Å². The average molecular weight is 232 g/mol. The summed E-state index contributed by atoms with van der Waals surface area (Å²) in [7, 11) is 0. The molecule has 2 N–H and O–H groups in total. The summed E-state index contributed by atoms with van der Waals surface area (Å²) in [5.74, 6) is 1.02. The van der Waals surface area contributed by atoms with Gasteiger partial charge in [0, 0.05) is 5.69 Å². The Bertz CT molecular complexity index is 521. The fraction of sp³-hybridized carbons (Fsp3) is 0.417. The molecule has 2 aromatic rings. The van der Waals surface area contributed by atoms with E-state index in [-0.39, 0.29) is 6.04 Å². The van der Waals surface area contributed by atoms with Crippen LogP contribution in [0, 0.1) is 13.8 Å². The van der Waals surface area contributed by atoms with E-state index >= 15 is 0 Å². The van der Waals surface area contributed by atoms with Crippen LogP contribution in [0.1, 0.15) is 36.6 Å². The van der Waals surface area contributed by atoms with Crippen LogP contribution in [-0.2, 0) is 0 Å². The van der Waals surface area contributed by atoms with Crippen molar-refractivity contribution in [2.75, 3.05) is 0 Å². The third kappa shape index (κ3) is 2.34. The van der Waals surface area contributed by atoms with Crippen LogP contribution in [0.4, 0.5) is 0 Å². The normalized spacial score (nSPS) is 12.7. The summed E-state index contributed by atoms with van der Waals surface area (Å²) < 4.78 is 5.21. The molecule has 17 heavy (non-hydrogen) atoms. The highest BCUT2D eigenvalue weighted by Gasteiger charge is 2.15. The molecule has 2 rings (SSSR count). The van der Waals surface area contributed by atoms with Crippen LogP contribution >= 0.6 is 0 Å². The molecule has 2 aromatic heterocycles. The fourth-order valence-electron chi connectivity index (χ4n) is 1.59. The number of rotatable bonds is 3. The molecule has 0 aliphatic heterocycles. The molecular formula is C12H16N4O. The van der Waals surface area contributed by atoms with Crippen molar-refractivity contribution in [3.63, 3.8) is 0 Å². The number of aromatic nitrogens is 3. The summed E-state index contributed by atoms with van der Waals surface area (Å²) in [6.07, 6.45) is 0.782. The van der Waals surface area contributed by atoms with Crippen molar-refractivity contribution in [1.29, 1.82) is 0 Å². The van der Waals surface area contributed by atoms with E-state index in [1.54, 1.807) is 0 Å². The second-order valence-electron chi connectivity index (χ2n) is 4.06. The second kappa shape index (κ2) is 4.63. The number of nitrogens with zero attached hydrogens (tertiary/aromatic N) is 3. The molecule has 0 saturated carbocycles. The lowest BCUT2D eigenvalue weighted by molar-refractivity contribution is 0.414. The highest BCUT2D eigenvalue weighted by atomic mass is 16.5. The molecule has 5 nitrogen and oxygen atoms in total. The molecule has 90 valence electrons. The summed E-state index contributed by atoms with van der Waals surface area (Å²) >= 11 is 0. The summed E-state index contributed by atoms with van der Waals surface area (Å²) in [4.78, 5) is 8.66. The van der Waals surface area contributed by atoms with Crippen LogP contribution in [0.5, 0.6) is 0 Å². The van der Waals surface area contributed by atoms with Gasteiger partial charge in [-0.1, -0.05) is 12.1 Å². The first-order chi connectivity index (χ1) is 8.11. The Balaban J connectivity index is 2.37. The average Bonchev–Trinajstić information content (AvgIpc) is 2.77. The number of nitrogens with two attached hydrogens (primary N) is 1. The molecule has 0 fully saturated rings.